The zero-order chi connectivity index (χ0) is 13.2. The van der Waals surface area contributed by atoms with Crippen molar-refractivity contribution in [2.75, 3.05) is 7.11 Å². The summed E-state index contributed by atoms with van der Waals surface area (Å²) in [7, 11) is 1.34. The molecule has 0 amide bonds. The van der Waals surface area contributed by atoms with Crippen molar-refractivity contribution in [3.05, 3.63) is 33.8 Å². The van der Waals surface area contributed by atoms with E-state index in [2.05, 4.69) is 0 Å². The summed E-state index contributed by atoms with van der Waals surface area (Å²) in [5.74, 6) is -0.374. The normalized spacial score (nSPS) is 13.3. The molecule has 0 aliphatic heterocycles. The molecule has 0 saturated heterocycles. The van der Waals surface area contributed by atoms with Crippen LogP contribution in [0.2, 0.25) is 10.0 Å². The Balaban J connectivity index is 3.11. The molecule has 94 valence electrons. The topological polar surface area (TPSA) is 52.3 Å². The van der Waals surface area contributed by atoms with Crippen LogP contribution in [0.25, 0.3) is 0 Å². The molecule has 1 aromatic rings. The molecule has 1 unspecified atom stereocenters. The fraction of sp³-hybridized carbons (Fsp3) is 0.417. The van der Waals surface area contributed by atoms with Gasteiger partial charge in [-0.1, -0.05) is 23.2 Å². The Morgan fingerprint density at radius 3 is 2.18 bits per heavy atom. The van der Waals surface area contributed by atoms with Gasteiger partial charge in [0.15, 0.2) is 0 Å². The average Bonchev–Trinajstić information content (AvgIpc) is 2.25. The molecule has 0 spiro atoms. The first-order valence-electron chi connectivity index (χ1n) is 5.09. The predicted molar refractivity (Wildman–Crippen MR) is 69.2 cm³/mol. The van der Waals surface area contributed by atoms with Gasteiger partial charge in [-0.3, -0.25) is 4.79 Å². The summed E-state index contributed by atoms with van der Waals surface area (Å²) >= 11 is 11.8. The number of rotatable bonds is 3. The number of carbonyl (C=O) groups excluding carboxylic acids is 1. The summed E-state index contributed by atoms with van der Waals surface area (Å²) in [4.78, 5) is 11.6. The second-order valence-electron chi connectivity index (χ2n) is 4.39. The second kappa shape index (κ2) is 5.25. The molecule has 0 aliphatic carbocycles. The summed E-state index contributed by atoms with van der Waals surface area (Å²) in [6.45, 7) is 3.44. The van der Waals surface area contributed by atoms with Gasteiger partial charge in [0, 0.05) is 16.1 Å². The van der Waals surface area contributed by atoms with Crippen molar-refractivity contribution in [3.8, 4) is 0 Å². The zero-order valence-corrected chi connectivity index (χ0v) is 11.5. The first kappa shape index (κ1) is 14.3. The quantitative estimate of drug-likeness (QED) is 0.862. The molecule has 0 fully saturated rings. The summed E-state index contributed by atoms with van der Waals surface area (Å²) in [5.41, 5.74) is 5.93. The third-order valence-corrected chi connectivity index (χ3v) is 3.17. The first-order chi connectivity index (χ1) is 7.78. The van der Waals surface area contributed by atoms with Crippen LogP contribution < -0.4 is 5.73 Å². The Hall–Kier alpha value is -0.770. The van der Waals surface area contributed by atoms with Gasteiger partial charge in [-0.2, -0.15) is 0 Å². The number of methoxy groups -OCH3 is 1. The number of hydrogen-bond donors (Lipinski definition) is 1. The van der Waals surface area contributed by atoms with E-state index in [1.165, 1.54) is 7.11 Å². The van der Waals surface area contributed by atoms with Gasteiger partial charge in [0.05, 0.1) is 12.5 Å². The largest absolute Gasteiger partial charge is 0.469 e. The van der Waals surface area contributed by atoms with Crippen LogP contribution >= 0.6 is 23.2 Å². The van der Waals surface area contributed by atoms with E-state index in [0.29, 0.717) is 15.6 Å². The monoisotopic (exact) mass is 275 g/mol. The van der Waals surface area contributed by atoms with Crippen molar-refractivity contribution in [3.63, 3.8) is 0 Å². The maximum Gasteiger partial charge on any atom is 0.313 e. The number of hydrogen-bond acceptors (Lipinski definition) is 3. The number of ether oxygens (including phenoxy) is 1. The molecular formula is C12H15Cl2NO2. The molecule has 0 heterocycles. The maximum absolute atomic E-state index is 11.6. The lowest BCUT2D eigenvalue weighted by molar-refractivity contribution is -0.152. The van der Waals surface area contributed by atoms with Crippen molar-refractivity contribution in [1.82, 2.24) is 0 Å². The molecule has 0 bridgehead atoms. The molecule has 0 radical (unpaired) electrons. The second-order valence-corrected chi connectivity index (χ2v) is 5.27. The molecule has 17 heavy (non-hydrogen) atoms. The summed E-state index contributed by atoms with van der Waals surface area (Å²) in [6.07, 6.45) is 0. The van der Waals surface area contributed by atoms with Gasteiger partial charge >= 0.3 is 5.97 Å². The lowest BCUT2D eigenvalue weighted by atomic mass is 9.81. The van der Waals surface area contributed by atoms with Gasteiger partial charge in [-0.25, -0.2) is 0 Å². The molecule has 0 aromatic heterocycles. The van der Waals surface area contributed by atoms with Gasteiger partial charge in [0.1, 0.15) is 0 Å². The Bertz CT molecular complexity index is 412. The van der Waals surface area contributed by atoms with Crippen molar-refractivity contribution < 1.29 is 9.53 Å². The summed E-state index contributed by atoms with van der Waals surface area (Å²) in [6, 6.07) is 4.47. The summed E-state index contributed by atoms with van der Waals surface area (Å²) in [5, 5.41) is 0.979. The Kier molecular flexibility index (Phi) is 4.42. The first-order valence-corrected chi connectivity index (χ1v) is 5.84. The standard InChI is InChI=1S/C12H15Cl2NO2/c1-12(2,11(16)17-3)10(15)7-4-8(13)6-9(14)5-7/h4-6,10H,15H2,1-3H3. The molecule has 0 saturated carbocycles. The maximum atomic E-state index is 11.6. The average molecular weight is 276 g/mol. The van der Waals surface area contributed by atoms with Crippen LogP contribution in [0.4, 0.5) is 0 Å². The van der Waals surface area contributed by atoms with Gasteiger partial charge in [-0.15, -0.1) is 0 Å². The van der Waals surface area contributed by atoms with Crippen LogP contribution in [0.3, 0.4) is 0 Å². The van der Waals surface area contributed by atoms with E-state index in [-0.39, 0.29) is 5.97 Å². The molecule has 1 rings (SSSR count). The molecule has 1 aromatic carbocycles. The molecular weight excluding hydrogens is 261 g/mol. The van der Waals surface area contributed by atoms with Crippen LogP contribution in [-0.2, 0) is 9.53 Å². The molecule has 1 atom stereocenters. The van der Waals surface area contributed by atoms with Crippen LogP contribution in [0.15, 0.2) is 18.2 Å². The van der Waals surface area contributed by atoms with Gasteiger partial charge in [0.25, 0.3) is 0 Å². The van der Waals surface area contributed by atoms with Crippen molar-refractivity contribution in [1.29, 1.82) is 0 Å². The number of carbonyl (C=O) groups is 1. The van der Waals surface area contributed by atoms with E-state index < -0.39 is 11.5 Å². The third-order valence-electron chi connectivity index (χ3n) is 2.73. The number of esters is 1. The van der Waals surface area contributed by atoms with E-state index >= 15 is 0 Å². The minimum Gasteiger partial charge on any atom is -0.469 e. The van der Waals surface area contributed by atoms with E-state index in [1.54, 1.807) is 32.0 Å². The van der Waals surface area contributed by atoms with Gasteiger partial charge in [-0.05, 0) is 37.6 Å². The Morgan fingerprint density at radius 1 is 1.29 bits per heavy atom. The highest BCUT2D eigenvalue weighted by Gasteiger charge is 2.36. The molecule has 0 aliphatic rings. The number of nitrogens with two attached hydrogens (primary N) is 1. The van der Waals surface area contributed by atoms with Gasteiger partial charge < -0.3 is 10.5 Å². The van der Waals surface area contributed by atoms with Crippen LogP contribution in [-0.4, -0.2) is 13.1 Å². The van der Waals surface area contributed by atoms with E-state index in [1.807, 2.05) is 0 Å². The lowest BCUT2D eigenvalue weighted by Gasteiger charge is -2.29. The van der Waals surface area contributed by atoms with Crippen LogP contribution in [0.5, 0.6) is 0 Å². The highest BCUT2D eigenvalue weighted by molar-refractivity contribution is 6.34. The highest BCUT2D eigenvalue weighted by atomic mass is 35.5. The Labute approximate surface area is 111 Å². The van der Waals surface area contributed by atoms with Crippen molar-refractivity contribution >= 4 is 29.2 Å². The minimum atomic E-state index is -0.844. The lowest BCUT2D eigenvalue weighted by Crippen LogP contribution is -2.37. The molecule has 5 heteroatoms. The molecule has 3 nitrogen and oxygen atoms in total. The van der Waals surface area contributed by atoms with E-state index in [0.717, 1.165) is 0 Å². The van der Waals surface area contributed by atoms with Crippen molar-refractivity contribution in [2.24, 2.45) is 11.1 Å². The fourth-order valence-electron chi connectivity index (χ4n) is 1.56. The molecule has 2 N–H and O–H groups in total. The highest BCUT2D eigenvalue weighted by Crippen LogP contribution is 2.34. The fourth-order valence-corrected chi connectivity index (χ4v) is 2.10. The SMILES string of the molecule is COC(=O)C(C)(C)C(N)c1cc(Cl)cc(Cl)c1. The minimum absolute atomic E-state index is 0.374. The zero-order valence-electron chi connectivity index (χ0n) is 9.96. The van der Waals surface area contributed by atoms with Crippen LogP contribution in [0, 0.1) is 5.41 Å². The summed E-state index contributed by atoms with van der Waals surface area (Å²) < 4.78 is 4.73. The predicted octanol–water partition coefficient (Wildman–Crippen LogP) is 3.19. The van der Waals surface area contributed by atoms with E-state index in [4.69, 9.17) is 33.7 Å². The smallest absolute Gasteiger partial charge is 0.313 e. The number of benzene rings is 1. The van der Waals surface area contributed by atoms with Crippen molar-refractivity contribution in [2.45, 2.75) is 19.9 Å². The van der Waals surface area contributed by atoms with E-state index in [9.17, 15) is 4.79 Å². The van der Waals surface area contributed by atoms with Crippen LogP contribution in [0.1, 0.15) is 25.5 Å². The Morgan fingerprint density at radius 2 is 1.76 bits per heavy atom. The third kappa shape index (κ3) is 3.12. The van der Waals surface area contributed by atoms with Gasteiger partial charge in [0.2, 0.25) is 0 Å². The number of halogens is 2.